The second kappa shape index (κ2) is 2.56. The number of aryl methyl sites for hydroxylation is 1. The number of nitrogens with two attached hydrogens (primary N) is 1. The first-order valence-electron chi connectivity index (χ1n) is 3.28. The summed E-state index contributed by atoms with van der Waals surface area (Å²) in [6.45, 7) is 1.84. The number of hydrogen-bond donors (Lipinski definition) is 1. The molecular weight excluding hydrogens is 176 g/mol. The number of nitrogen functional groups attached to an aromatic ring is 1. The molecule has 2 N–H and O–H groups in total. The van der Waals surface area contributed by atoms with Crippen molar-refractivity contribution in [2.24, 2.45) is 0 Å². The molecule has 0 saturated heterocycles. The van der Waals surface area contributed by atoms with Crippen LogP contribution < -0.4 is 5.73 Å². The SMILES string of the molecule is Cc1cc(-c2nnc(N)s2)on1. The minimum Gasteiger partial charge on any atom is -0.374 e. The molecule has 0 fully saturated rings. The third-order valence-corrected chi connectivity index (χ3v) is 2.05. The largest absolute Gasteiger partial charge is 0.374 e. The lowest BCUT2D eigenvalue weighted by molar-refractivity contribution is 0.426. The van der Waals surface area contributed by atoms with Gasteiger partial charge in [-0.3, -0.25) is 0 Å². The highest BCUT2D eigenvalue weighted by atomic mass is 32.1. The summed E-state index contributed by atoms with van der Waals surface area (Å²) in [7, 11) is 0. The summed E-state index contributed by atoms with van der Waals surface area (Å²) < 4.78 is 4.97. The summed E-state index contributed by atoms with van der Waals surface area (Å²) in [5, 5.41) is 12.3. The molecule has 0 aliphatic heterocycles. The molecule has 6 heteroatoms. The first-order valence-corrected chi connectivity index (χ1v) is 4.10. The standard InChI is InChI=1S/C6H6N4OS/c1-3-2-4(11-10-3)5-8-9-6(7)12-5/h2H,1H3,(H2,7,9). The minimum absolute atomic E-state index is 0.430. The Kier molecular flexibility index (Phi) is 1.54. The Labute approximate surface area is 72.2 Å². The Morgan fingerprint density at radius 2 is 2.33 bits per heavy atom. The highest BCUT2D eigenvalue weighted by molar-refractivity contribution is 7.18. The van der Waals surface area contributed by atoms with E-state index < -0.39 is 0 Å². The molecule has 2 aromatic heterocycles. The van der Waals surface area contributed by atoms with Crippen molar-refractivity contribution in [1.82, 2.24) is 15.4 Å². The molecule has 0 aliphatic carbocycles. The van der Waals surface area contributed by atoms with Gasteiger partial charge in [0.05, 0.1) is 5.69 Å². The van der Waals surface area contributed by atoms with E-state index >= 15 is 0 Å². The molecule has 12 heavy (non-hydrogen) atoms. The number of anilines is 1. The van der Waals surface area contributed by atoms with E-state index in [1.54, 1.807) is 6.07 Å². The third-order valence-electron chi connectivity index (χ3n) is 1.28. The molecular formula is C6H6N4OS. The molecule has 5 nitrogen and oxygen atoms in total. The Hall–Kier alpha value is -1.43. The van der Waals surface area contributed by atoms with E-state index in [1.165, 1.54) is 11.3 Å². The van der Waals surface area contributed by atoms with Crippen LogP contribution in [0.25, 0.3) is 10.8 Å². The number of hydrogen-bond acceptors (Lipinski definition) is 6. The fraction of sp³-hybridized carbons (Fsp3) is 0.167. The van der Waals surface area contributed by atoms with Gasteiger partial charge in [0.2, 0.25) is 5.13 Å². The smallest absolute Gasteiger partial charge is 0.203 e. The summed E-state index contributed by atoms with van der Waals surface area (Å²) in [6.07, 6.45) is 0. The first kappa shape index (κ1) is 7.23. The van der Waals surface area contributed by atoms with Gasteiger partial charge in [-0.2, -0.15) is 0 Å². The van der Waals surface area contributed by atoms with Crippen LogP contribution in [0.2, 0.25) is 0 Å². The average molecular weight is 182 g/mol. The Balaban J connectivity index is 2.43. The van der Waals surface area contributed by atoms with Crippen LogP contribution >= 0.6 is 11.3 Å². The van der Waals surface area contributed by atoms with Crippen LogP contribution in [0.5, 0.6) is 0 Å². The van der Waals surface area contributed by atoms with E-state index in [0.717, 1.165) is 5.69 Å². The van der Waals surface area contributed by atoms with E-state index in [-0.39, 0.29) is 0 Å². The Morgan fingerprint density at radius 1 is 1.50 bits per heavy atom. The second-order valence-electron chi connectivity index (χ2n) is 2.28. The second-order valence-corrected chi connectivity index (χ2v) is 3.29. The summed E-state index contributed by atoms with van der Waals surface area (Å²) in [5.74, 6) is 0.613. The monoisotopic (exact) mass is 182 g/mol. The van der Waals surface area contributed by atoms with Crippen molar-refractivity contribution in [3.05, 3.63) is 11.8 Å². The van der Waals surface area contributed by atoms with Crippen molar-refractivity contribution in [1.29, 1.82) is 0 Å². The van der Waals surface area contributed by atoms with E-state index in [1.807, 2.05) is 6.92 Å². The molecule has 62 valence electrons. The zero-order valence-corrected chi connectivity index (χ0v) is 7.13. The Morgan fingerprint density at radius 3 is 2.83 bits per heavy atom. The predicted molar refractivity (Wildman–Crippen MR) is 44.6 cm³/mol. The fourth-order valence-electron chi connectivity index (χ4n) is 0.799. The van der Waals surface area contributed by atoms with Gasteiger partial charge in [-0.1, -0.05) is 16.5 Å². The molecule has 2 rings (SSSR count). The third kappa shape index (κ3) is 1.16. The normalized spacial score (nSPS) is 10.4. The van der Waals surface area contributed by atoms with Crippen LogP contribution in [0.4, 0.5) is 5.13 Å². The Bertz CT molecular complexity index is 355. The van der Waals surface area contributed by atoms with Gasteiger partial charge in [0.1, 0.15) is 0 Å². The minimum atomic E-state index is 0.430. The molecule has 0 radical (unpaired) electrons. The highest BCUT2D eigenvalue weighted by Crippen LogP contribution is 2.24. The predicted octanol–water partition coefficient (Wildman–Crippen LogP) is 1.08. The van der Waals surface area contributed by atoms with Gasteiger partial charge in [-0.05, 0) is 6.92 Å². The summed E-state index contributed by atoms with van der Waals surface area (Å²) >= 11 is 1.28. The highest BCUT2D eigenvalue weighted by Gasteiger charge is 2.08. The molecule has 0 bridgehead atoms. The lowest BCUT2D eigenvalue weighted by Gasteiger charge is -1.79. The van der Waals surface area contributed by atoms with Gasteiger partial charge < -0.3 is 10.3 Å². The van der Waals surface area contributed by atoms with Crippen LogP contribution in [-0.4, -0.2) is 15.4 Å². The average Bonchev–Trinajstić information content (AvgIpc) is 2.58. The van der Waals surface area contributed by atoms with Crippen LogP contribution in [0, 0.1) is 6.92 Å². The van der Waals surface area contributed by atoms with Crippen LogP contribution in [0.3, 0.4) is 0 Å². The summed E-state index contributed by atoms with van der Waals surface area (Å²) in [6, 6.07) is 1.79. The van der Waals surface area contributed by atoms with Crippen molar-refractivity contribution in [3.8, 4) is 10.8 Å². The maximum atomic E-state index is 5.41. The summed E-state index contributed by atoms with van der Waals surface area (Å²) in [5.41, 5.74) is 6.22. The van der Waals surface area contributed by atoms with Crippen molar-refractivity contribution in [2.45, 2.75) is 6.92 Å². The van der Waals surface area contributed by atoms with Crippen LogP contribution in [0.1, 0.15) is 5.69 Å². The molecule has 0 saturated carbocycles. The van der Waals surface area contributed by atoms with Crippen LogP contribution in [0.15, 0.2) is 10.6 Å². The number of aromatic nitrogens is 3. The molecule has 0 aromatic carbocycles. The lowest BCUT2D eigenvalue weighted by Crippen LogP contribution is -1.79. The summed E-state index contributed by atoms with van der Waals surface area (Å²) in [4.78, 5) is 0. The van der Waals surface area contributed by atoms with Gasteiger partial charge in [0, 0.05) is 6.07 Å². The zero-order chi connectivity index (χ0) is 8.55. The quantitative estimate of drug-likeness (QED) is 0.714. The molecule has 0 spiro atoms. The van der Waals surface area contributed by atoms with Gasteiger partial charge in [0.15, 0.2) is 10.8 Å². The molecule has 2 aromatic rings. The van der Waals surface area contributed by atoms with Crippen molar-refractivity contribution >= 4 is 16.5 Å². The molecule has 0 unspecified atom stereocenters. The van der Waals surface area contributed by atoms with E-state index in [0.29, 0.717) is 15.9 Å². The van der Waals surface area contributed by atoms with Crippen molar-refractivity contribution in [2.75, 3.05) is 5.73 Å². The van der Waals surface area contributed by atoms with Crippen molar-refractivity contribution < 1.29 is 4.52 Å². The fourth-order valence-corrected chi connectivity index (χ4v) is 1.36. The topological polar surface area (TPSA) is 77.8 Å². The van der Waals surface area contributed by atoms with Gasteiger partial charge in [0.25, 0.3) is 0 Å². The molecule has 0 amide bonds. The van der Waals surface area contributed by atoms with E-state index in [4.69, 9.17) is 10.3 Å². The van der Waals surface area contributed by atoms with E-state index in [2.05, 4.69) is 15.4 Å². The molecule has 0 aliphatic rings. The molecule has 2 heterocycles. The number of rotatable bonds is 1. The van der Waals surface area contributed by atoms with Crippen LogP contribution in [-0.2, 0) is 0 Å². The van der Waals surface area contributed by atoms with Gasteiger partial charge >= 0.3 is 0 Å². The zero-order valence-electron chi connectivity index (χ0n) is 6.31. The lowest BCUT2D eigenvalue weighted by atomic mass is 10.4. The van der Waals surface area contributed by atoms with Gasteiger partial charge in [-0.25, -0.2) is 0 Å². The number of nitrogens with zero attached hydrogens (tertiary/aromatic N) is 3. The van der Waals surface area contributed by atoms with Gasteiger partial charge in [-0.15, -0.1) is 10.2 Å². The first-order chi connectivity index (χ1) is 5.75. The maximum Gasteiger partial charge on any atom is 0.203 e. The van der Waals surface area contributed by atoms with E-state index in [9.17, 15) is 0 Å². The van der Waals surface area contributed by atoms with Crippen molar-refractivity contribution in [3.63, 3.8) is 0 Å². The maximum absolute atomic E-state index is 5.41. The molecule has 0 atom stereocenters.